The Bertz CT molecular complexity index is 1010. The highest BCUT2D eigenvalue weighted by Gasteiger charge is 2.37. The Morgan fingerprint density at radius 2 is 1.50 bits per heavy atom. The molecule has 0 radical (unpaired) electrons. The zero-order valence-corrected chi connectivity index (χ0v) is 20.1. The fraction of sp³-hybridized carbons (Fsp3) is 0.476. The maximum Gasteiger partial charge on any atom is 0.357 e. The van der Waals surface area contributed by atoms with Crippen molar-refractivity contribution in [3.8, 4) is 0 Å². The monoisotopic (exact) mass is 455 g/mol. The highest BCUT2D eigenvalue weighted by Crippen LogP contribution is 2.57. The number of benzene rings is 1. The minimum atomic E-state index is -3.78. The zero-order chi connectivity index (χ0) is 22.7. The molecule has 1 heterocycles. The van der Waals surface area contributed by atoms with Crippen LogP contribution in [0.3, 0.4) is 0 Å². The number of sulfonamides is 1. The number of carbonyl (C=O) groups is 1. The number of ketones is 1. The van der Waals surface area contributed by atoms with Gasteiger partial charge in [0.15, 0.2) is 5.78 Å². The summed E-state index contributed by atoms with van der Waals surface area (Å²) in [7, 11) is -7.32. The molecule has 1 aliphatic heterocycles. The Morgan fingerprint density at radius 3 is 1.97 bits per heavy atom. The van der Waals surface area contributed by atoms with Crippen LogP contribution < -0.4 is 0 Å². The summed E-state index contributed by atoms with van der Waals surface area (Å²) in [5, 5.41) is 0.384. The van der Waals surface area contributed by atoms with Crippen molar-refractivity contribution in [2.45, 2.75) is 46.4 Å². The van der Waals surface area contributed by atoms with Crippen LogP contribution in [0.2, 0.25) is 0 Å². The lowest BCUT2D eigenvalue weighted by Gasteiger charge is -2.21. The van der Waals surface area contributed by atoms with Crippen molar-refractivity contribution in [1.29, 1.82) is 0 Å². The molecule has 0 spiro atoms. The van der Waals surface area contributed by atoms with E-state index in [4.69, 9.17) is 9.05 Å². The second-order valence-corrected chi connectivity index (χ2v) is 11.3. The van der Waals surface area contributed by atoms with Gasteiger partial charge in [0.1, 0.15) is 0 Å². The van der Waals surface area contributed by atoms with Crippen molar-refractivity contribution >= 4 is 23.4 Å². The zero-order valence-electron chi connectivity index (χ0n) is 18.4. The average Bonchev–Trinajstić information content (AvgIpc) is 3.14. The fourth-order valence-corrected chi connectivity index (χ4v) is 6.36. The van der Waals surface area contributed by atoms with Crippen LogP contribution in [0.4, 0.5) is 0 Å². The van der Waals surface area contributed by atoms with Crippen molar-refractivity contribution < 1.29 is 26.8 Å². The van der Waals surface area contributed by atoms with E-state index in [0.717, 1.165) is 5.56 Å². The highest BCUT2D eigenvalue weighted by atomic mass is 32.2. The van der Waals surface area contributed by atoms with Gasteiger partial charge in [0.05, 0.1) is 18.1 Å². The van der Waals surface area contributed by atoms with Gasteiger partial charge in [-0.3, -0.25) is 9.36 Å². The van der Waals surface area contributed by atoms with E-state index in [1.165, 1.54) is 11.2 Å². The molecule has 0 saturated heterocycles. The summed E-state index contributed by atoms with van der Waals surface area (Å²) in [5.74, 6) is -0.221. The smallest absolute Gasteiger partial charge is 0.306 e. The van der Waals surface area contributed by atoms with E-state index in [1.54, 1.807) is 52.0 Å². The number of Topliss-reactive ketones (excluding diaryl/α,β-unsaturated/α-hetero) is 1. The Kier molecular flexibility index (Phi) is 7.99. The molecule has 0 atom stereocenters. The molecule has 0 fully saturated rings. The van der Waals surface area contributed by atoms with Crippen molar-refractivity contribution in [3.63, 3.8) is 0 Å². The van der Waals surface area contributed by atoms with Gasteiger partial charge in [-0.1, -0.05) is 17.7 Å². The number of nitrogens with zero attached hydrogens (tertiary/aromatic N) is 1. The molecule has 9 heteroatoms. The first kappa shape index (κ1) is 24.7. The van der Waals surface area contributed by atoms with Gasteiger partial charge in [0, 0.05) is 24.0 Å². The second kappa shape index (κ2) is 9.71. The third-order valence-corrected chi connectivity index (χ3v) is 9.28. The Morgan fingerprint density at radius 1 is 1.00 bits per heavy atom. The predicted octanol–water partition coefficient (Wildman–Crippen LogP) is 4.44. The molecular weight excluding hydrogens is 425 g/mol. The fourth-order valence-electron chi connectivity index (χ4n) is 3.29. The molecule has 0 saturated carbocycles. The minimum absolute atomic E-state index is 0.0204. The molecule has 1 aromatic carbocycles. The van der Waals surface area contributed by atoms with E-state index in [9.17, 15) is 17.8 Å². The van der Waals surface area contributed by atoms with E-state index < -0.39 is 17.6 Å². The Balaban J connectivity index is 2.48. The third-order valence-electron chi connectivity index (χ3n) is 5.12. The molecule has 7 nitrogen and oxygen atoms in total. The molecule has 2 rings (SSSR count). The SMILES string of the molecule is CCOP(=O)(OCC)/C(C)=C(/C)C1=C(C(C)=O)CN(S(=O)(=O)c2ccc(C)cc2)C1. The van der Waals surface area contributed by atoms with Crippen molar-refractivity contribution in [1.82, 2.24) is 4.31 Å². The molecular formula is C21H30NO6PS. The van der Waals surface area contributed by atoms with Gasteiger partial charge in [-0.2, -0.15) is 4.31 Å². The van der Waals surface area contributed by atoms with Crippen LogP contribution in [-0.4, -0.2) is 44.8 Å². The number of hydrogen-bond donors (Lipinski definition) is 0. The summed E-state index contributed by atoms with van der Waals surface area (Å²) in [6.07, 6.45) is 0. The maximum absolute atomic E-state index is 13.2. The van der Waals surface area contributed by atoms with Crippen LogP contribution in [0.25, 0.3) is 0 Å². The van der Waals surface area contributed by atoms with Gasteiger partial charge in [-0.15, -0.1) is 0 Å². The number of allylic oxidation sites excluding steroid dienone is 1. The van der Waals surface area contributed by atoms with Crippen LogP contribution >= 0.6 is 7.60 Å². The first-order valence-corrected chi connectivity index (χ1v) is 12.8. The minimum Gasteiger partial charge on any atom is -0.306 e. The maximum atomic E-state index is 13.2. The highest BCUT2D eigenvalue weighted by molar-refractivity contribution is 7.89. The van der Waals surface area contributed by atoms with Crippen molar-refractivity contribution in [2.24, 2.45) is 0 Å². The second-order valence-electron chi connectivity index (χ2n) is 7.14. The molecule has 1 aliphatic rings. The topological polar surface area (TPSA) is 90.0 Å². The summed E-state index contributed by atoms with van der Waals surface area (Å²) in [6.45, 7) is 10.5. The van der Waals surface area contributed by atoms with Gasteiger partial charge in [-0.25, -0.2) is 8.42 Å². The van der Waals surface area contributed by atoms with Crippen LogP contribution in [-0.2, 0) is 28.4 Å². The lowest BCUT2D eigenvalue weighted by Crippen LogP contribution is -2.30. The third kappa shape index (κ3) is 5.01. The van der Waals surface area contributed by atoms with E-state index in [-0.39, 0.29) is 37.0 Å². The van der Waals surface area contributed by atoms with E-state index in [0.29, 0.717) is 22.0 Å². The summed E-state index contributed by atoms with van der Waals surface area (Å²) >= 11 is 0. The van der Waals surface area contributed by atoms with E-state index >= 15 is 0 Å². The molecule has 1 aromatic rings. The van der Waals surface area contributed by atoms with Crippen molar-refractivity contribution in [2.75, 3.05) is 26.3 Å². The number of aryl methyl sites for hydroxylation is 1. The largest absolute Gasteiger partial charge is 0.357 e. The quantitative estimate of drug-likeness (QED) is 0.511. The molecule has 0 bridgehead atoms. The van der Waals surface area contributed by atoms with Gasteiger partial charge >= 0.3 is 7.60 Å². The molecule has 0 amide bonds. The van der Waals surface area contributed by atoms with E-state index in [1.807, 2.05) is 6.92 Å². The summed E-state index contributed by atoms with van der Waals surface area (Å²) in [4.78, 5) is 12.5. The Labute approximate surface area is 179 Å². The van der Waals surface area contributed by atoms with Gasteiger partial charge in [0.2, 0.25) is 10.0 Å². The van der Waals surface area contributed by atoms with Gasteiger partial charge < -0.3 is 9.05 Å². The van der Waals surface area contributed by atoms with Gasteiger partial charge in [0.25, 0.3) is 0 Å². The van der Waals surface area contributed by atoms with Gasteiger partial charge in [-0.05, 0) is 64.8 Å². The molecule has 0 N–H and O–H groups in total. The number of rotatable bonds is 9. The van der Waals surface area contributed by atoms with Crippen LogP contribution in [0.15, 0.2) is 51.2 Å². The normalized spacial score (nSPS) is 16.7. The molecule has 0 aromatic heterocycles. The molecule has 30 heavy (non-hydrogen) atoms. The predicted molar refractivity (Wildman–Crippen MR) is 117 cm³/mol. The van der Waals surface area contributed by atoms with Crippen molar-refractivity contribution in [3.05, 3.63) is 51.9 Å². The van der Waals surface area contributed by atoms with E-state index in [2.05, 4.69) is 0 Å². The molecule has 0 aliphatic carbocycles. The molecule has 166 valence electrons. The van der Waals surface area contributed by atoms with Crippen LogP contribution in [0.5, 0.6) is 0 Å². The number of carbonyl (C=O) groups excluding carboxylic acids is 1. The van der Waals surface area contributed by atoms with Crippen LogP contribution in [0, 0.1) is 6.92 Å². The summed E-state index contributed by atoms with van der Waals surface area (Å²) in [6, 6.07) is 6.59. The van der Waals surface area contributed by atoms with Crippen LogP contribution in [0.1, 0.15) is 40.2 Å². The first-order valence-electron chi connectivity index (χ1n) is 9.85. The number of hydrogen-bond acceptors (Lipinski definition) is 6. The average molecular weight is 456 g/mol. The first-order chi connectivity index (χ1) is 14.0. The lowest BCUT2D eigenvalue weighted by atomic mass is 10.0. The Hall–Kier alpha value is -1.57. The lowest BCUT2D eigenvalue weighted by molar-refractivity contribution is -0.113. The molecule has 0 unspecified atom stereocenters. The summed E-state index contributed by atoms with van der Waals surface area (Å²) in [5.41, 5.74) is 2.46. The standard InChI is InChI=1S/C21H30NO6PS/c1-7-27-29(24,28-8-2)18(6)16(4)20-13-22(14-21(20)17(5)23)30(25,26)19-11-9-15(3)10-12-19/h9-12H,7-8,13-14H2,1-6H3/b18-16-. The summed E-state index contributed by atoms with van der Waals surface area (Å²) < 4.78 is 51.5.